The number of nitrogens with one attached hydrogen (secondary N) is 1. The maximum Gasteiger partial charge on any atom is 0.317 e. The Kier molecular flexibility index (Phi) is 5.95. The lowest BCUT2D eigenvalue weighted by atomic mass is 10.0. The first kappa shape index (κ1) is 15.7. The number of carboxylic acid groups (broad SMARTS) is 1. The fourth-order valence-corrected chi connectivity index (χ4v) is 1.29. The first-order chi connectivity index (χ1) is 7.64. The maximum atomic E-state index is 11.7. The minimum absolute atomic E-state index is 0.136. The Morgan fingerprint density at radius 3 is 2.35 bits per heavy atom. The third kappa shape index (κ3) is 7.57. The summed E-state index contributed by atoms with van der Waals surface area (Å²) in [6.45, 7) is 5.38. The van der Waals surface area contributed by atoms with Crippen molar-refractivity contribution in [1.82, 2.24) is 10.2 Å². The summed E-state index contributed by atoms with van der Waals surface area (Å²) in [4.78, 5) is 23.7. The van der Waals surface area contributed by atoms with Crippen molar-refractivity contribution in [2.24, 2.45) is 0 Å². The summed E-state index contributed by atoms with van der Waals surface area (Å²) in [7, 11) is 1.61. The molecular weight excluding hydrogens is 224 g/mol. The first-order valence-corrected chi connectivity index (χ1v) is 5.57. The average Bonchev–Trinajstić information content (AvgIpc) is 2.10. The Morgan fingerprint density at radius 2 is 1.94 bits per heavy atom. The van der Waals surface area contributed by atoms with Crippen molar-refractivity contribution < 1.29 is 19.8 Å². The number of aliphatic hydroxyl groups excluding tert-OH is 1. The summed E-state index contributed by atoms with van der Waals surface area (Å²) in [6, 6.07) is -0.336. The second kappa shape index (κ2) is 6.44. The van der Waals surface area contributed by atoms with Crippen LogP contribution in [0.2, 0.25) is 0 Å². The van der Waals surface area contributed by atoms with Crippen LogP contribution >= 0.6 is 0 Å². The van der Waals surface area contributed by atoms with E-state index in [0.717, 1.165) is 0 Å². The quantitative estimate of drug-likeness (QED) is 0.642. The van der Waals surface area contributed by atoms with Gasteiger partial charge >= 0.3 is 12.0 Å². The van der Waals surface area contributed by atoms with Crippen LogP contribution < -0.4 is 5.32 Å². The number of amides is 2. The Morgan fingerprint density at radius 1 is 1.41 bits per heavy atom. The van der Waals surface area contributed by atoms with Crippen molar-refractivity contribution in [1.29, 1.82) is 0 Å². The van der Waals surface area contributed by atoms with Gasteiger partial charge in [0.1, 0.15) is 0 Å². The van der Waals surface area contributed by atoms with E-state index in [0.29, 0.717) is 13.0 Å². The molecule has 0 radical (unpaired) electrons. The molecule has 6 nitrogen and oxygen atoms in total. The van der Waals surface area contributed by atoms with E-state index in [9.17, 15) is 9.59 Å². The van der Waals surface area contributed by atoms with E-state index in [2.05, 4.69) is 5.32 Å². The number of hydrogen-bond donors (Lipinski definition) is 3. The zero-order valence-electron chi connectivity index (χ0n) is 10.9. The SMILES string of the molecule is CC(O)CCN(C)C(=O)NC(C)(C)CC(=O)O. The molecule has 0 aromatic heterocycles. The van der Waals surface area contributed by atoms with Gasteiger partial charge in [0.05, 0.1) is 12.5 Å². The molecule has 0 spiro atoms. The third-order valence-electron chi connectivity index (χ3n) is 2.27. The largest absolute Gasteiger partial charge is 0.481 e. The smallest absolute Gasteiger partial charge is 0.317 e. The van der Waals surface area contributed by atoms with E-state index in [-0.39, 0.29) is 12.5 Å². The Balaban J connectivity index is 4.19. The van der Waals surface area contributed by atoms with Crippen molar-refractivity contribution in [3.63, 3.8) is 0 Å². The van der Waals surface area contributed by atoms with E-state index < -0.39 is 17.6 Å². The molecule has 2 amide bonds. The summed E-state index contributed by atoms with van der Waals surface area (Å²) in [6.07, 6.45) is -0.107. The molecule has 0 saturated heterocycles. The topological polar surface area (TPSA) is 89.9 Å². The second-order valence-electron chi connectivity index (χ2n) is 4.94. The number of carboxylic acids is 1. The Bertz CT molecular complexity index is 277. The fraction of sp³-hybridized carbons (Fsp3) is 0.818. The molecule has 0 aliphatic heterocycles. The molecule has 0 heterocycles. The molecule has 100 valence electrons. The second-order valence-corrected chi connectivity index (χ2v) is 4.94. The van der Waals surface area contributed by atoms with Crippen LogP contribution in [0.1, 0.15) is 33.6 Å². The lowest BCUT2D eigenvalue weighted by Crippen LogP contribution is -2.50. The summed E-state index contributed by atoms with van der Waals surface area (Å²) < 4.78 is 0. The molecule has 0 fully saturated rings. The van der Waals surface area contributed by atoms with Gasteiger partial charge in [-0.3, -0.25) is 4.79 Å². The number of urea groups is 1. The molecule has 0 aromatic carbocycles. The maximum absolute atomic E-state index is 11.7. The molecule has 0 aliphatic rings. The molecular formula is C11H22N2O4. The van der Waals surface area contributed by atoms with Gasteiger partial charge in [0.2, 0.25) is 0 Å². The highest BCUT2D eigenvalue weighted by Gasteiger charge is 2.25. The molecule has 1 atom stereocenters. The van der Waals surface area contributed by atoms with Crippen molar-refractivity contribution in [2.75, 3.05) is 13.6 Å². The first-order valence-electron chi connectivity index (χ1n) is 5.57. The zero-order valence-corrected chi connectivity index (χ0v) is 10.9. The van der Waals surface area contributed by atoms with Crippen molar-refractivity contribution >= 4 is 12.0 Å². The van der Waals surface area contributed by atoms with Crippen LogP contribution in [-0.2, 0) is 4.79 Å². The molecule has 0 rings (SSSR count). The minimum Gasteiger partial charge on any atom is -0.481 e. The van der Waals surface area contributed by atoms with Crippen LogP contribution in [0.15, 0.2) is 0 Å². The van der Waals surface area contributed by atoms with Crippen molar-refractivity contribution in [3.8, 4) is 0 Å². The number of aliphatic carboxylic acids is 1. The molecule has 0 aromatic rings. The molecule has 17 heavy (non-hydrogen) atoms. The summed E-state index contributed by atoms with van der Waals surface area (Å²) >= 11 is 0. The van der Waals surface area contributed by atoms with Crippen LogP contribution in [0.5, 0.6) is 0 Å². The normalized spacial score (nSPS) is 13.0. The number of carbonyl (C=O) groups is 2. The number of carbonyl (C=O) groups excluding carboxylic acids is 1. The zero-order chi connectivity index (χ0) is 13.6. The van der Waals surface area contributed by atoms with Crippen LogP contribution in [0.4, 0.5) is 4.79 Å². The number of rotatable bonds is 6. The summed E-state index contributed by atoms with van der Waals surface area (Å²) in [5, 5.41) is 20.4. The van der Waals surface area contributed by atoms with Crippen LogP contribution in [0.3, 0.4) is 0 Å². The molecule has 0 saturated carbocycles. The van der Waals surface area contributed by atoms with Gasteiger partial charge in [0, 0.05) is 19.1 Å². The minimum atomic E-state index is -0.957. The van der Waals surface area contributed by atoms with Crippen LogP contribution in [0.25, 0.3) is 0 Å². The van der Waals surface area contributed by atoms with Crippen molar-refractivity contribution in [3.05, 3.63) is 0 Å². The van der Waals surface area contributed by atoms with Gasteiger partial charge in [0.15, 0.2) is 0 Å². The number of hydrogen-bond acceptors (Lipinski definition) is 3. The van der Waals surface area contributed by atoms with E-state index in [1.54, 1.807) is 27.8 Å². The Labute approximate surface area is 102 Å². The van der Waals surface area contributed by atoms with Gasteiger partial charge in [-0.2, -0.15) is 0 Å². The monoisotopic (exact) mass is 246 g/mol. The molecule has 0 aliphatic carbocycles. The lowest BCUT2D eigenvalue weighted by molar-refractivity contribution is -0.138. The third-order valence-corrected chi connectivity index (χ3v) is 2.27. The molecule has 1 unspecified atom stereocenters. The molecule has 0 bridgehead atoms. The van der Waals surface area contributed by atoms with Crippen LogP contribution in [-0.4, -0.2) is 52.3 Å². The van der Waals surface area contributed by atoms with Gasteiger partial charge in [0.25, 0.3) is 0 Å². The Hall–Kier alpha value is -1.30. The predicted octanol–water partition coefficient (Wildman–Crippen LogP) is 0.652. The molecule has 3 N–H and O–H groups in total. The highest BCUT2D eigenvalue weighted by molar-refractivity contribution is 5.76. The summed E-state index contributed by atoms with van der Waals surface area (Å²) in [5.74, 6) is -0.957. The predicted molar refractivity (Wildman–Crippen MR) is 63.8 cm³/mol. The van der Waals surface area contributed by atoms with E-state index in [4.69, 9.17) is 10.2 Å². The van der Waals surface area contributed by atoms with Gasteiger partial charge < -0.3 is 20.4 Å². The number of aliphatic hydroxyl groups is 1. The fourth-order valence-electron chi connectivity index (χ4n) is 1.29. The van der Waals surface area contributed by atoms with E-state index in [1.165, 1.54) is 4.90 Å². The van der Waals surface area contributed by atoms with Gasteiger partial charge in [-0.25, -0.2) is 4.79 Å². The van der Waals surface area contributed by atoms with Gasteiger partial charge in [-0.05, 0) is 27.2 Å². The van der Waals surface area contributed by atoms with E-state index in [1.807, 2.05) is 0 Å². The average molecular weight is 246 g/mol. The van der Waals surface area contributed by atoms with E-state index >= 15 is 0 Å². The highest BCUT2D eigenvalue weighted by Crippen LogP contribution is 2.08. The summed E-state index contributed by atoms with van der Waals surface area (Å²) in [5.41, 5.74) is -0.790. The molecule has 6 heteroatoms. The lowest BCUT2D eigenvalue weighted by Gasteiger charge is -2.28. The van der Waals surface area contributed by atoms with Gasteiger partial charge in [-0.15, -0.1) is 0 Å². The van der Waals surface area contributed by atoms with Gasteiger partial charge in [-0.1, -0.05) is 0 Å². The standard InChI is InChI=1S/C11H22N2O4/c1-8(14)5-6-13(4)10(17)12-11(2,3)7-9(15)16/h8,14H,5-7H2,1-4H3,(H,12,17)(H,15,16). The van der Waals surface area contributed by atoms with Crippen LogP contribution in [0, 0.1) is 0 Å². The van der Waals surface area contributed by atoms with Crippen molar-refractivity contribution in [2.45, 2.75) is 45.3 Å². The number of nitrogens with zero attached hydrogens (tertiary/aromatic N) is 1. The highest BCUT2D eigenvalue weighted by atomic mass is 16.4.